The van der Waals surface area contributed by atoms with Gasteiger partial charge in [-0.1, -0.05) is 6.07 Å². The highest BCUT2D eigenvalue weighted by molar-refractivity contribution is 6.00. The number of hydrogen-bond donors (Lipinski definition) is 1. The summed E-state index contributed by atoms with van der Waals surface area (Å²) in [7, 11) is 2.63. The van der Waals surface area contributed by atoms with Crippen LogP contribution < -0.4 is 14.8 Å². The van der Waals surface area contributed by atoms with Crippen LogP contribution in [0.3, 0.4) is 0 Å². The van der Waals surface area contributed by atoms with E-state index in [2.05, 4.69) is 4.98 Å². The first kappa shape index (κ1) is 28.8. The molecule has 0 atom stereocenters. The standard InChI is InChI=1S/C28H31F3N4O5/c1-27(2,3)40-26(37)34-10-6-7-18(14-34)17-8-9-21-20(11-17)33-16-35(21)19-12-22(38-4)24(23(13-19)39-5)25(36)32-15-28(29,30)31/h8-9,11-14,16H,6-7,10,15H2,1-5H3,(H,32,36). The fourth-order valence-electron chi connectivity index (χ4n) is 4.39. The number of methoxy groups -OCH3 is 2. The van der Waals surface area contributed by atoms with Crippen LogP contribution in [0.25, 0.3) is 22.3 Å². The first-order valence-electron chi connectivity index (χ1n) is 12.6. The monoisotopic (exact) mass is 560 g/mol. The van der Waals surface area contributed by atoms with Crippen LogP contribution in [0.2, 0.25) is 0 Å². The molecule has 1 N–H and O–H groups in total. The topological polar surface area (TPSA) is 94.9 Å². The van der Waals surface area contributed by atoms with Crippen molar-refractivity contribution >= 4 is 28.6 Å². The molecule has 2 amide bonds. The molecule has 0 saturated carbocycles. The third-order valence-corrected chi connectivity index (χ3v) is 6.15. The minimum atomic E-state index is -4.56. The smallest absolute Gasteiger partial charge is 0.414 e. The summed E-state index contributed by atoms with van der Waals surface area (Å²) in [5, 5.41) is 1.85. The maximum atomic E-state index is 12.6. The first-order chi connectivity index (χ1) is 18.8. The van der Waals surface area contributed by atoms with Gasteiger partial charge in [-0.3, -0.25) is 14.3 Å². The number of nitrogens with one attached hydrogen (secondary N) is 1. The Morgan fingerprint density at radius 1 is 1.05 bits per heavy atom. The third-order valence-electron chi connectivity index (χ3n) is 6.15. The highest BCUT2D eigenvalue weighted by Crippen LogP contribution is 2.34. The lowest BCUT2D eigenvalue weighted by atomic mass is 9.99. The summed E-state index contributed by atoms with van der Waals surface area (Å²) in [4.78, 5) is 31.2. The molecule has 1 aliphatic heterocycles. The van der Waals surface area contributed by atoms with Gasteiger partial charge >= 0.3 is 12.3 Å². The zero-order valence-electron chi connectivity index (χ0n) is 22.9. The number of ether oxygens (including phenoxy) is 3. The summed E-state index contributed by atoms with van der Waals surface area (Å²) in [6.45, 7) is 4.56. The van der Waals surface area contributed by atoms with E-state index in [4.69, 9.17) is 14.2 Å². The van der Waals surface area contributed by atoms with E-state index in [0.29, 0.717) is 17.7 Å². The third kappa shape index (κ3) is 6.49. The molecular weight excluding hydrogens is 529 g/mol. The molecule has 214 valence electrons. The Kier molecular flexibility index (Phi) is 7.99. The Balaban J connectivity index is 1.65. The number of carbonyl (C=O) groups excluding carboxylic acids is 2. The van der Waals surface area contributed by atoms with Crippen molar-refractivity contribution in [2.75, 3.05) is 27.3 Å². The molecule has 12 heteroatoms. The van der Waals surface area contributed by atoms with Gasteiger partial charge in [-0.2, -0.15) is 13.2 Å². The summed E-state index contributed by atoms with van der Waals surface area (Å²) in [5.74, 6) is -0.886. The first-order valence-corrected chi connectivity index (χ1v) is 12.6. The molecular formula is C28H31F3N4O5. The molecule has 2 heterocycles. The zero-order valence-corrected chi connectivity index (χ0v) is 22.9. The predicted octanol–water partition coefficient (Wildman–Crippen LogP) is 5.71. The van der Waals surface area contributed by atoms with Gasteiger partial charge in [-0.05, 0) is 56.9 Å². The average Bonchev–Trinajstić information content (AvgIpc) is 3.33. The van der Waals surface area contributed by atoms with Gasteiger partial charge in [-0.15, -0.1) is 0 Å². The molecule has 0 fully saturated rings. The Morgan fingerprint density at radius 3 is 2.33 bits per heavy atom. The van der Waals surface area contributed by atoms with Crippen LogP contribution in [-0.4, -0.2) is 65.5 Å². The molecule has 0 aliphatic carbocycles. The lowest BCUT2D eigenvalue weighted by Gasteiger charge is -2.28. The summed E-state index contributed by atoms with van der Waals surface area (Å²) in [6, 6.07) is 8.79. The SMILES string of the molecule is COc1cc(-n2cnc3cc(C4=CN(C(=O)OC(C)(C)C)CCC4)ccc32)cc(OC)c1C(=O)NCC(F)(F)F. The van der Waals surface area contributed by atoms with Crippen molar-refractivity contribution in [2.24, 2.45) is 0 Å². The van der Waals surface area contributed by atoms with Crippen LogP contribution in [0.4, 0.5) is 18.0 Å². The molecule has 0 unspecified atom stereocenters. The van der Waals surface area contributed by atoms with E-state index >= 15 is 0 Å². The van der Waals surface area contributed by atoms with Gasteiger partial charge in [0.05, 0.1) is 30.9 Å². The van der Waals surface area contributed by atoms with Crippen molar-refractivity contribution in [3.63, 3.8) is 0 Å². The Labute approximate surface area is 229 Å². The summed E-state index contributed by atoms with van der Waals surface area (Å²) in [6.07, 6.45) is 0.0282. The maximum absolute atomic E-state index is 12.6. The van der Waals surface area contributed by atoms with Gasteiger partial charge in [-0.25, -0.2) is 9.78 Å². The normalized spacial score (nSPS) is 14.1. The van der Waals surface area contributed by atoms with Gasteiger partial charge in [0.25, 0.3) is 5.91 Å². The molecule has 0 radical (unpaired) electrons. The number of aromatic nitrogens is 2. The van der Waals surface area contributed by atoms with E-state index in [1.165, 1.54) is 26.4 Å². The van der Waals surface area contributed by atoms with E-state index in [1.54, 1.807) is 15.8 Å². The van der Waals surface area contributed by atoms with Gasteiger partial charge in [0, 0.05) is 24.9 Å². The summed E-state index contributed by atoms with van der Waals surface area (Å²) in [5.41, 5.74) is 3.10. The number of imidazole rings is 1. The van der Waals surface area contributed by atoms with Crippen molar-refractivity contribution in [1.29, 1.82) is 0 Å². The Morgan fingerprint density at radius 2 is 1.73 bits per heavy atom. The highest BCUT2D eigenvalue weighted by Gasteiger charge is 2.30. The van der Waals surface area contributed by atoms with Gasteiger partial charge in [0.15, 0.2) is 0 Å². The second kappa shape index (κ2) is 11.1. The number of rotatable bonds is 6. The summed E-state index contributed by atoms with van der Waals surface area (Å²) >= 11 is 0. The molecule has 4 rings (SSSR count). The van der Waals surface area contributed by atoms with E-state index < -0.39 is 30.3 Å². The van der Waals surface area contributed by atoms with Gasteiger partial charge in [0.2, 0.25) is 0 Å². The summed E-state index contributed by atoms with van der Waals surface area (Å²) < 4.78 is 55.9. The number of alkyl halides is 3. The minimum absolute atomic E-state index is 0.0436. The van der Waals surface area contributed by atoms with E-state index in [-0.39, 0.29) is 17.1 Å². The lowest BCUT2D eigenvalue weighted by molar-refractivity contribution is -0.123. The molecule has 2 aromatic carbocycles. The zero-order chi connectivity index (χ0) is 29.2. The molecule has 0 bridgehead atoms. The van der Waals surface area contributed by atoms with Crippen molar-refractivity contribution in [3.05, 3.63) is 54.0 Å². The van der Waals surface area contributed by atoms with Crippen LogP contribution >= 0.6 is 0 Å². The number of allylic oxidation sites excluding steroid dienone is 1. The number of hydrogen-bond acceptors (Lipinski definition) is 6. The molecule has 0 spiro atoms. The number of amides is 2. The second-order valence-corrected chi connectivity index (χ2v) is 10.3. The lowest BCUT2D eigenvalue weighted by Crippen LogP contribution is -2.35. The predicted molar refractivity (Wildman–Crippen MR) is 143 cm³/mol. The van der Waals surface area contributed by atoms with Gasteiger partial charge < -0.3 is 19.5 Å². The maximum Gasteiger partial charge on any atom is 0.414 e. The average molecular weight is 561 g/mol. The minimum Gasteiger partial charge on any atom is -0.496 e. The van der Waals surface area contributed by atoms with Crippen molar-refractivity contribution < 1.29 is 37.0 Å². The van der Waals surface area contributed by atoms with Crippen LogP contribution in [0.5, 0.6) is 11.5 Å². The number of halogens is 3. The molecule has 0 saturated heterocycles. The van der Waals surface area contributed by atoms with Crippen molar-refractivity contribution in [2.45, 2.75) is 45.4 Å². The number of carbonyl (C=O) groups is 2. The molecule has 9 nitrogen and oxygen atoms in total. The van der Waals surface area contributed by atoms with Crippen LogP contribution in [-0.2, 0) is 4.74 Å². The van der Waals surface area contributed by atoms with E-state index in [9.17, 15) is 22.8 Å². The highest BCUT2D eigenvalue weighted by atomic mass is 19.4. The van der Waals surface area contributed by atoms with Crippen molar-refractivity contribution in [1.82, 2.24) is 19.8 Å². The fourth-order valence-corrected chi connectivity index (χ4v) is 4.39. The second-order valence-electron chi connectivity index (χ2n) is 10.3. The van der Waals surface area contributed by atoms with Crippen LogP contribution in [0.15, 0.2) is 42.9 Å². The van der Waals surface area contributed by atoms with Crippen LogP contribution in [0, 0.1) is 0 Å². The van der Waals surface area contributed by atoms with E-state index in [1.807, 2.05) is 50.5 Å². The Hall–Kier alpha value is -4.22. The van der Waals surface area contributed by atoms with Gasteiger partial charge in [0.1, 0.15) is 35.5 Å². The number of benzene rings is 2. The molecule has 3 aromatic rings. The van der Waals surface area contributed by atoms with Crippen LogP contribution in [0.1, 0.15) is 49.5 Å². The van der Waals surface area contributed by atoms with Crippen molar-refractivity contribution in [3.8, 4) is 17.2 Å². The number of fused-ring (bicyclic) bond motifs is 1. The number of nitrogens with zero attached hydrogens (tertiary/aromatic N) is 3. The Bertz CT molecular complexity index is 1430. The van der Waals surface area contributed by atoms with E-state index in [0.717, 1.165) is 29.5 Å². The largest absolute Gasteiger partial charge is 0.496 e. The molecule has 1 aromatic heterocycles. The molecule has 1 aliphatic rings. The fraction of sp³-hybridized carbons (Fsp3) is 0.393. The molecule has 40 heavy (non-hydrogen) atoms. The quantitative estimate of drug-likeness (QED) is 0.415.